The number of aromatic nitrogens is 1. The van der Waals surface area contributed by atoms with E-state index in [4.69, 9.17) is 10.6 Å². The summed E-state index contributed by atoms with van der Waals surface area (Å²) in [6.07, 6.45) is 2.35. The number of hydrogen-bond acceptors (Lipinski definition) is 5. The number of nitrogens with two attached hydrogens (primary N) is 1. The summed E-state index contributed by atoms with van der Waals surface area (Å²) >= 11 is 3.39. The number of benzene rings is 2. The summed E-state index contributed by atoms with van der Waals surface area (Å²) in [5, 5.41) is 0. The zero-order valence-electron chi connectivity index (χ0n) is 16.1. The molecule has 0 bridgehead atoms. The van der Waals surface area contributed by atoms with Gasteiger partial charge in [-0.1, -0.05) is 41.1 Å². The summed E-state index contributed by atoms with van der Waals surface area (Å²) in [5.74, 6) is 6.43. The fourth-order valence-electron chi connectivity index (χ4n) is 3.28. The zero-order valence-corrected chi connectivity index (χ0v) is 18.5. The van der Waals surface area contributed by atoms with Crippen molar-refractivity contribution in [3.8, 4) is 5.75 Å². The van der Waals surface area contributed by atoms with E-state index in [0.717, 1.165) is 16.7 Å². The Bertz CT molecular complexity index is 1120. The Kier molecular flexibility index (Phi) is 6.26. The van der Waals surface area contributed by atoms with Crippen LogP contribution in [-0.4, -0.2) is 13.0 Å². The summed E-state index contributed by atoms with van der Waals surface area (Å²) in [5.41, 5.74) is 3.99. The minimum atomic E-state index is -4.47. The molecular weight excluding hydrogens is 456 g/mol. The van der Waals surface area contributed by atoms with Gasteiger partial charge in [0.15, 0.2) is 0 Å². The first kappa shape index (κ1) is 21.3. The van der Waals surface area contributed by atoms with E-state index in [1.807, 2.05) is 30.3 Å². The van der Waals surface area contributed by atoms with E-state index >= 15 is 0 Å². The Labute approximate surface area is 178 Å². The predicted octanol–water partition coefficient (Wildman–Crippen LogP) is 3.14. The molecule has 0 saturated carbocycles. The molecule has 0 fully saturated rings. The maximum Gasteiger partial charge on any atom is 0.318 e. The van der Waals surface area contributed by atoms with E-state index in [1.54, 1.807) is 38.2 Å². The lowest BCUT2D eigenvalue weighted by Crippen LogP contribution is -2.45. The van der Waals surface area contributed by atoms with Crippen molar-refractivity contribution in [2.75, 3.05) is 5.84 Å². The van der Waals surface area contributed by atoms with Gasteiger partial charge in [0, 0.05) is 22.0 Å². The molecule has 2 aromatic carbocycles. The van der Waals surface area contributed by atoms with Gasteiger partial charge < -0.3 is 9.29 Å². The highest BCUT2D eigenvalue weighted by Gasteiger charge is 2.13. The van der Waals surface area contributed by atoms with Gasteiger partial charge in [-0.25, -0.2) is 14.3 Å². The van der Waals surface area contributed by atoms with Crippen molar-refractivity contribution < 1.29 is 22.4 Å². The van der Waals surface area contributed by atoms with Crippen LogP contribution in [0.2, 0.25) is 0 Å². The minimum absolute atomic E-state index is 0.125. The Morgan fingerprint density at radius 2 is 1.62 bits per heavy atom. The molecule has 0 amide bonds. The average molecular weight is 477 g/mol. The molecule has 0 saturated heterocycles. The van der Waals surface area contributed by atoms with Crippen molar-refractivity contribution in [3.05, 3.63) is 87.1 Å². The SMILES string of the molecule is Cc1cc(Cc2ccc(COc3ccc[n+](N)c3Br)cc2)cc(C)c1S(=O)(=O)[O-]. The maximum absolute atomic E-state index is 11.4. The van der Waals surface area contributed by atoms with Gasteiger partial charge >= 0.3 is 4.60 Å². The molecule has 0 spiro atoms. The lowest BCUT2D eigenvalue weighted by molar-refractivity contribution is -0.650. The van der Waals surface area contributed by atoms with Gasteiger partial charge in [-0.3, -0.25) is 0 Å². The van der Waals surface area contributed by atoms with Crippen LogP contribution in [0.1, 0.15) is 27.8 Å². The second-order valence-electron chi connectivity index (χ2n) is 6.87. The van der Waals surface area contributed by atoms with E-state index < -0.39 is 10.1 Å². The maximum atomic E-state index is 11.4. The Morgan fingerprint density at radius 1 is 1.03 bits per heavy atom. The molecule has 0 unspecified atom stereocenters. The van der Waals surface area contributed by atoms with E-state index in [1.165, 1.54) is 4.68 Å². The first-order valence-electron chi connectivity index (χ1n) is 8.87. The highest BCUT2D eigenvalue weighted by Crippen LogP contribution is 2.24. The molecular formula is C21H21BrN2O4S. The van der Waals surface area contributed by atoms with Gasteiger partial charge in [-0.2, -0.15) is 0 Å². The van der Waals surface area contributed by atoms with Crippen LogP contribution in [0.4, 0.5) is 0 Å². The summed E-state index contributed by atoms with van der Waals surface area (Å²) in [6, 6.07) is 15.1. The third kappa shape index (κ3) is 5.14. The number of aryl methyl sites for hydroxylation is 2. The van der Waals surface area contributed by atoms with Crippen molar-refractivity contribution in [1.82, 2.24) is 0 Å². The summed E-state index contributed by atoms with van der Waals surface area (Å²) in [6.45, 7) is 3.69. The Hall–Kier alpha value is -2.42. The molecule has 3 aromatic rings. The molecule has 3 rings (SSSR count). The number of ether oxygens (including phenoxy) is 1. The summed E-state index contributed by atoms with van der Waals surface area (Å²) in [4.78, 5) is -0.125. The van der Waals surface area contributed by atoms with Crippen LogP contribution in [0.5, 0.6) is 5.75 Å². The summed E-state index contributed by atoms with van der Waals surface area (Å²) in [7, 11) is -4.47. The van der Waals surface area contributed by atoms with Crippen LogP contribution in [0.25, 0.3) is 0 Å². The normalized spacial score (nSPS) is 11.4. The third-order valence-corrected chi connectivity index (χ3v) is 6.46. The number of nitrogen functional groups attached to an aromatic ring is 1. The van der Waals surface area contributed by atoms with E-state index in [-0.39, 0.29) is 4.90 Å². The van der Waals surface area contributed by atoms with Crippen LogP contribution in [-0.2, 0) is 23.1 Å². The second kappa shape index (κ2) is 8.52. The molecule has 6 nitrogen and oxygen atoms in total. The number of rotatable bonds is 6. The molecule has 0 aliphatic rings. The van der Waals surface area contributed by atoms with Crippen molar-refractivity contribution in [2.45, 2.75) is 31.8 Å². The molecule has 0 radical (unpaired) electrons. The topological polar surface area (TPSA) is 96.3 Å². The lowest BCUT2D eigenvalue weighted by Gasteiger charge is -2.15. The Balaban J connectivity index is 1.70. The van der Waals surface area contributed by atoms with Crippen LogP contribution >= 0.6 is 15.9 Å². The molecule has 1 aromatic heterocycles. The summed E-state index contributed by atoms with van der Waals surface area (Å²) < 4.78 is 42.1. The molecule has 2 N–H and O–H groups in total. The van der Waals surface area contributed by atoms with Gasteiger partial charge in [0.1, 0.15) is 16.7 Å². The standard InChI is InChI=1S/C21H21BrN2O4S/c1-14-10-18(11-15(2)20(14)29(25,26)27)12-16-5-7-17(8-6-16)13-28-19-4-3-9-24(23)21(19)22/h3-11H,12-13,23H2,1-2H3. The van der Waals surface area contributed by atoms with Crippen LogP contribution < -0.4 is 15.3 Å². The van der Waals surface area contributed by atoms with Gasteiger partial charge in [-0.05, 0) is 54.2 Å². The van der Waals surface area contributed by atoms with Crippen molar-refractivity contribution in [1.29, 1.82) is 0 Å². The van der Waals surface area contributed by atoms with Gasteiger partial charge in [0.2, 0.25) is 11.9 Å². The van der Waals surface area contributed by atoms with E-state index in [2.05, 4.69) is 15.9 Å². The molecule has 8 heteroatoms. The first-order chi connectivity index (χ1) is 13.6. The molecule has 29 heavy (non-hydrogen) atoms. The second-order valence-corrected chi connectivity index (χ2v) is 8.93. The molecule has 152 valence electrons. The molecule has 0 atom stereocenters. The van der Waals surface area contributed by atoms with Crippen molar-refractivity contribution in [2.24, 2.45) is 0 Å². The van der Waals surface area contributed by atoms with Crippen molar-refractivity contribution in [3.63, 3.8) is 0 Å². The monoisotopic (exact) mass is 476 g/mol. The predicted molar refractivity (Wildman–Crippen MR) is 112 cm³/mol. The number of halogens is 1. The highest BCUT2D eigenvalue weighted by molar-refractivity contribution is 9.10. The van der Waals surface area contributed by atoms with Crippen LogP contribution in [0, 0.1) is 13.8 Å². The fourth-order valence-corrected chi connectivity index (χ4v) is 4.55. The zero-order chi connectivity index (χ0) is 21.2. The third-order valence-electron chi connectivity index (χ3n) is 4.52. The fraction of sp³-hybridized carbons (Fsp3) is 0.190. The minimum Gasteiger partial charge on any atom is -0.744 e. The van der Waals surface area contributed by atoms with Crippen LogP contribution in [0.3, 0.4) is 0 Å². The number of nitrogens with zero attached hydrogens (tertiary/aromatic N) is 1. The quantitative estimate of drug-likeness (QED) is 0.255. The van der Waals surface area contributed by atoms with Gasteiger partial charge in [0.05, 0.1) is 4.90 Å². The van der Waals surface area contributed by atoms with Crippen molar-refractivity contribution >= 4 is 26.0 Å². The van der Waals surface area contributed by atoms with Gasteiger partial charge in [0.25, 0.3) is 0 Å². The smallest absolute Gasteiger partial charge is 0.318 e. The Morgan fingerprint density at radius 3 is 2.21 bits per heavy atom. The van der Waals surface area contributed by atoms with Gasteiger partial charge in [-0.15, -0.1) is 0 Å². The van der Waals surface area contributed by atoms with Crippen LogP contribution in [0.15, 0.2) is 64.2 Å². The molecule has 0 aliphatic carbocycles. The number of hydrogen-bond donors (Lipinski definition) is 1. The number of pyridine rings is 1. The van der Waals surface area contributed by atoms with E-state index in [9.17, 15) is 13.0 Å². The largest absolute Gasteiger partial charge is 0.744 e. The highest BCUT2D eigenvalue weighted by atomic mass is 79.9. The first-order valence-corrected chi connectivity index (χ1v) is 11.1. The lowest BCUT2D eigenvalue weighted by atomic mass is 10.00. The van der Waals surface area contributed by atoms with E-state index in [0.29, 0.717) is 34.5 Å². The average Bonchev–Trinajstić information content (AvgIpc) is 2.62. The molecule has 0 aliphatic heterocycles. The molecule has 1 heterocycles.